The smallest absolute Gasteiger partial charge is 0.220 e. The first-order chi connectivity index (χ1) is 14.8. The number of allylic oxidation sites excluding steroid dienone is 2. The Morgan fingerprint density at radius 3 is 2.47 bits per heavy atom. The summed E-state index contributed by atoms with van der Waals surface area (Å²) in [6.45, 7) is 2.17. The average molecular weight is 389 g/mol. The van der Waals surface area contributed by atoms with Gasteiger partial charge in [-0.1, -0.05) is 42.5 Å². The van der Waals surface area contributed by atoms with Crippen LogP contribution < -0.4 is 4.74 Å². The highest BCUT2D eigenvalue weighted by atomic mass is 16.5. The fourth-order valence-electron chi connectivity index (χ4n) is 5.08. The Balaban J connectivity index is 1.55. The van der Waals surface area contributed by atoms with Gasteiger partial charge in [0.2, 0.25) is 5.78 Å². The lowest BCUT2D eigenvalue weighted by Crippen LogP contribution is -2.22. The van der Waals surface area contributed by atoms with E-state index in [0.29, 0.717) is 0 Å². The van der Waals surface area contributed by atoms with E-state index in [9.17, 15) is 0 Å². The van der Waals surface area contributed by atoms with Gasteiger partial charge in [-0.05, 0) is 55.0 Å². The molecule has 4 heteroatoms. The van der Waals surface area contributed by atoms with Crippen LogP contribution in [0.2, 0.25) is 0 Å². The van der Waals surface area contributed by atoms with E-state index in [1.54, 1.807) is 0 Å². The summed E-state index contributed by atoms with van der Waals surface area (Å²) in [5.41, 5.74) is 8.11. The lowest BCUT2D eigenvalue weighted by molar-refractivity contribution is 0.256. The predicted molar refractivity (Wildman–Crippen MR) is 120 cm³/mol. The van der Waals surface area contributed by atoms with Gasteiger partial charge < -0.3 is 4.74 Å². The fraction of sp³-hybridized carbons (Fsp3) is 0.115. The van der Waals surface area contributed by atoms with Crippen LogP contribution in [-0.2, 0) is 0 Å². The molecule has 144 valence electrons. The molecule has 0 saturated carbocycles. The van der Waals surface area contributed by atoms with Crippen molar-refractivity contribution in [3.05, 3.63) is 96.1 Å². The summed E-state index contributed by atoms with van der Waals surface area (Å²) in [4.78, 5) is 5.01. The van der Waals surface area contributed by atoms with Crippen molar-refractivity contribution in [2.75, 3.05) is 0 Å². The van der Waals surface area contributed by atoms with E-state index in [2.05, 4.69) is 88.7 Å². The largest absolute Gasteiger partial charge is 0.485 e. The maximum atomic E-state index is 6.27. The normalized spacial score (nSPS) is 20.2. The summed E-state index contributed by atoms with van der Waals surface area (Å²) in [5, 5.41) is 0. The predicted octanol–water partition coefficient (Wildman–Crippen LogP) is 5.79. The molecule has 0 radical (unpaired) electrons. The molecule has 5 aromatic rings. The minimum atomic E-state index is 0.0720. The number of hydrogen-bond acceptors (Lipinski definition) is 2. The number of rotatable bonds is 1. The molecule has 1 aliphatic carbocycles. The van der Waals surface area contributed by atoms with E-state index >= 15 is 0 Å². The van der Waals surface area contributed by atoms with Gasteiger partial charge in [0.25, 0.3) is 0 Å². The number of nitrogens with zero attached hydrogens (tertiary/aromatic N) is 3. The number of fused-ring (bicyclic) bond motifs is 8. The molecule has 2 aromatic heterocycles. The van der Waals surface area contributed by atoms with Crippen LogP contribution in [0.3, 0.4) is 0 Å². The lowest BCUT2D eigenvalue weighted by atomic mass is 9.87. The minimum absolute atomic E-state index is 0.0720. The van der Waals surface area contributed by atoms with Gasteiger partial charge in [0.05, 0.1) is 22.1 Å². The van der Waals surface area contributed by atoms with Crippen molar-refractivity contribution >= 4 is 33.5 Å². The van der Waals surface area contributed by atoms with Crippen molar-refractivity contribution in [2.24, 2.45) is 0 Å². The second kappa shape index (κ2) is 5.63. The quantitative estimate of drug-likeness (QED) is 0.363. The van der Waals surface area contributed by atoms with Gasteiger partial charge in [0, 0.05) is 17.2 Å². The number of aromatic nitrogens is 3. The molecule has 30 heavy (non-hydrogen) atoms. The summed E-state index contributed by atoms with van der Waals surface area (Å²) < 4.78 is 10.8. The lowest BCUT2D eigenvalue weighted by Gasteiger charge is -2.24. The van der Waals surface area contributed by atoms with E-state index in [1.807, 2.05) is 12.1 Å². The second-order valence-corrected chi connectivity index (χ2v) is 8.14. The molecular weight excluding hydrogens is 370 g/mol. The highest BCUT2D eigenvalue weighted by molar-refractivity contribution is 5.94. The molecule has 3 heterocycles. The standard InChI is InChI=1S/C26H19N3O/c1-16-14-17(15-19-18-8-2-7-13-24(18)30-25(16)19)28-22-11-5-6-12-23(22)29-21-10-4-3-9-20(21)27-26(28)29/h2-15,19,25H,1H3. The first kappa shape index (κ1) is 16.1. The zero-order valence-electron chi connectivity index (χ0n) is 16.5. The Labute approximate surface area is 173 Å². The summed E-state index contributed by atoms with van der Waals surface area (Å²) in [5.74, 6) is 2.15. The van der Waals surface area contributed by atoms with Gasteiger partial charge in [-0.3, -0.25) is 8.97 Å². The summed E-state index contributed by atoms with van der Waals surface area (Å²) in [6, 6.07) is 25.2. The maximum Gasteiger partial charge on any atom is 0.220 e. The minimum Gasteiger partial charge on any atom is -0.485 e. The van der Waals surface area contributed by atoms with E-state index in [0.717, 1.165) is 33.8 Å². The number of benzene rings is 3. The maximum absolute atomic E-state index is 6.27. The summed E-state index contributed by atoms with van der Waals surface area (Å²) in [7, 11) is 0. The Bertz CT molecular complexity index is 1550. The Hall–Kier alpha value is -3.79. The number of ether oxygens (including phenoxy) is 1. The zero-order chi connectivity index (χ0) is 19.8. The van der Waals surface area contributed by atoms with Crippen LogP contribution in [0.5, 0.6) is 5.75 Å². The van der Waals surface area contributed by atoms with Crippen molar-refractivity contribution in [1.82, 2.24) is 14.0 Å². The molecule has 4 nitrogen and oxygen atoms in total. The van der Waals surface area contributed by atoms with Crippen molar-refractivity contribution < 1.29 is 4.74 Å². The van der Waals surface area contributed by atoms with Crippen LogP contribution >= 0.6 is 0 Å². The van der Waals surface area contributed by atoms with Crippen LogP contribution in [0.4, 0.5) is 0 Å². The summed E-state index contributed by atoms with van der Waals surface area (Å²) >= 11 is 0. The Morgan fingerprint density at radius 2 is 1.57 bits per heavy atom. The molecular formula is C26H19N3O. The third kappa shape index (κ3) is 1.98. The zero-order valence-corrected chi connectivity index (χ0v) is 16.5. The summed E-state index contributed by atoms with van der Waals surface area (Å²) in [6.07, 6.45) is 4.66. The van der Waals surface area contributed by atoms with Crippen molar-refractivity contribution in [3.8, 4) is 5.75 Å². The third-order valence-corrected chi connectivity index (χ3v) is 6.40. The molecule has 0 spiro atoms. The van der Waals surface area contributed by atoms with Gasteiger partial charge in [0.15, 0.2) is 0 Å². The third-order valence-electron chi connectivity index (χ3n) is 6.40. The Kier molecular flexibility index (Phi) is 3.02. The molecule has 3 aromatic carbocycles. The molecule has 2 atom stereocenters. The van der Waals surface area contributed by atoms with Gasteiger partial charge in [-0.25, -0.2) is 4.98 Å². The van der Waals surface area contributed by atoms with Crippen LogP contribution in [0.1, 0.15) is 18.4 Å². The van der Waals surface area contributed by atoms with E-state index in [4.69, 9.17) is 9.72 Å². The van der Waals surface area contributed by atoms with E-state index < -0.39 is 0 Å². The van der Waals surface area contributed by atoms with Gasteiger partial charge >= 0.3 is 0 Å². The number of para-hydroxylation sites is 5. The molecule has 2 aliphatic rings. The Morgan fingerprint density at radius 1 is 0.833 bits per heavy atom. The molecule has 2 unspecified atom stereocenters. The van der Waals surface area contributed by atoms with E-state index in [-0.39, 0.29) is 12.0 Å². The number of hydrogen-bond donors (Lipinski definition) is 0. The van der Waals surface area contributed by atoms with Crippen LogP contribution in [0.15, 0.2) is 90.5 Å². The van der Waals surface area contributed by atoms with Crippen LogP contribution in [-0.4, -0.2) is 20.1 Å². The number of imidazole rings is 2. The molecule has 1 aliphatic heterocycles. The van der Waals surface area contributed by atoms with Crippen LogP contribution in [0, 0.1) is 0 Å². The average Bonchev–Trinajstić information content (AvgIpc) is 3.42. The fourth-order valence-corrected chi connectivity index (χ4v) is 5.08. The highest BCUT2D eigenvalue weighted by Crippen LogP contribution is 2.45. The molecule has 0 amide bonds. The van der Waals surface area contributed by atoms with Crippen LogP contribution in [0.25, 0.3) is 33.5 Å². The first-order valence-corrected chi connectivity index (χ1v) is 10.3. The highest BCUT2D eigenvalue weighted by Gasteiger charge is 2.36. The van der Waals surface area contributed by atoms with Gasteiger partial charge in [-0.2, -0.15) is 0 Å². The molecule has 0 fully saturated rings. The van der Waals surface area contributed by atoms with E-state index in [1.165, 1.54) is 16.7 Å². The molecule has 0 saturated heterocycles. The molecule has 7 rings (SSSR count). The first-order valence-electron chi connectivity index (χ1n) is 10.3. The van der Waals surface area contributed by atoms with Crippen molar-refractivity contribution in [3.63, 3.8) is 0 Å². The van der Waals surface area contributed by atoms with Gasteiger partial charge in [0.1, 0.15) is 11.9 Å². The topological polar surface area (TPSA) is 31.5 Å². The SMILES string of the molecule is CC1=CC(n2c3ccccc3n3c4ccccc4nc23)=CC2c3ccccc3OC12. The second-order valence-electron chi connectivity index (χ2n) is 8.14. The molecule has 0 N–H and O–H groups in total. The molecule has 0 bridgehead atoms. The van der Waals surface area contributed by atoms with Gasteiger partial charge in [-0.15, -0.1) is 0 Å². The monoisotopic (exact) mass is 389 g/mol. The van der Waals surface area contributed by atoms with Crippen molar-refractivity contribution in [2.45, 2.75) is 18.9 Å². The van der Waals surface area contributed by atoms with Crippen molar-refractivity contribution in [1.29, 1.82) is 0 Å².